The van der Waals surface area contributed by atoms with Crippen LogP contribution in [0.2, 0.25) is 0 Å². The summed E-state index contributed by atoms with van der Waals surface area (Å²) in [6.07, 6.45) is 1.17. The molecular formula is C26H26N2O5S. The van der Waals surface area contributed by atoms with Gasteiger partial charge < -0.3 is 4.42 Å². The van der Waals surface area contributed by atoms with Crippen LogP contribution in [0.5, 0.6) is 0 Å². The first-order valence-corrected chi connectivity index (χ1v) is 12.6. The monoisotopic (exact) mass is 478 g/mol. The van der Waals surface area contributed by atoms with Gasteiger partial charge in [0.2, 0.25) is 10.0 Å². The first-order valence-electron chi connectivity index (χ1n) is 10.8. The first-order chi connectivity index (χ1) is 16.2. The van der Waals surface area contributed by atoms with E-state index in [2.05, 4.69) is 5.48 Å². The molecule has 0 aliphatic carbocycles. The second-order valence-corrected chi connectivity index (χ2v) is 9.87. The number of hydroxylamine groups is 1. The molecule has 4 aromatic rings. The number of fused-ring (bicyclic) bond motifs is 1. The molecule has 1 amide bonds. The van der Waals surface area contributed by atoms with Crippen molar-refractivity contribution in [1.29, 1.82) is 0 Å². The predicted octanol–water partition coefficient (Wildman–Crippen LogP) is 5.15. The summed E-state index contributed by atoms with van der Waals surface area (Å²) in [5.41, 5.74) is 6.86. The van der Waals surface area contributed by atoms with Gasteiger partial charge in [0, 0.05) is 29.1 Å². The Kier molecular flexibility index (Phi) is 6.45. The Hall–Kier alpha value is -3.62. The highest BCUT2D eigenvalue weighted by molar-refractivity contribution is 7.92. The molecule has 0 aliphatic rings. The van der Waals surface area contributed by atoms with E-state index < -0.39 is 15.9 Å². The molecule has 0 saturated heterocycles. The van der Waals surface area contributed by atoms with Crippen LogP contribution >= 0.6 is 0 Å². The topological polar surface area (TPSA) is 88.8 Å². The number of sulfonamides is 1. The molecule has 1 N–H and O–H groups in total. The maximum atomic E-state index is 13.1. The summed E-state index contributed by atoms with van der Waals surface area (Å²) in [5.74, 6) is -0.0813. The zero-order valence-electron chi connectivity index (χ0n) is 19.5. The summed E-state index contributed by atoms with van der Waals surface area (Å²) < 4.78 is 32.8. The highest BCUT2D eigenvalue weighted by Crippen LogP contribution is 2.41. The largest absolute Gasteiger partial charge is 0.455 e. The number of carbonyl (C=O) groups excluding carboxylic acids is 1. The van der Waals surface area contributed by atoms with Crippen LogP contribution in [0, 0.1) is 6.92 Å². The number of carbonyl (C=O) groups is 1. The lowest BCUT2D eigenvalue weighted by atomic mass is 9.98. The van der Waals surface area contributed by atoms with Crippen molar-refractivity contribution in [3.8, 4) is 22.5 Å². The average molecular weight is 479 g/mol. The van der Waals surface area contributed by atoms with Gasteiger partial charge in [-0.3, -0.25) is 13.9 Å². The number of nitrogens with zero attached hydrogens (tertiary/aromatic N) is 1. The lowest BCUT2D eigenvalue weighted by molar-refractivity contribution is 0.0539. The van der Waals surface area contributed by atoms with E-state index in [1.54, 1.807) is 19.1 Å². The van der Waals surface area contributed by atoms with Crippen molar-refractivity contribution in [3.05, 3.63) is 77.9 Å². The van der Waals surface area contributed by atoms with Gasteiger partial charge in [-0.1, -0.05) is 60.2 Å². The number of hydrogen-bond donors (Lipinski definition) is 1. The van der Waals surface area contributed by atoms with Crippen LogP contribution in [0.4, 0.5) is 5.69 Å². The summed E-state index contributed by atoms with van der Waals surface area (Å²) in [6.45, 7) is 3.99. The molecule has 34 heavy (non-hydrogen) atoms. The third-order valence-electron chi connectivity index (χ3n) is 5.58. The molecule has 0 spiro atoms. The fraction of sp³-hybridized carbons (Fsp3) is 0.192. The van der Waals surface area contributed by atoms with E-state index >= 15 is 0 Å². The Morgan fingerprint density at radius 1 is 1.03 bits per heavy atom. The van der Waals surface area contributed by atoms with E-state index in [1.165, 1.54) is 17.7 Å². The zero-order valence-corrected chi connectivity index (χ0v) is 20.3. The molecule has 0 unspecified atom stereocenters. The van der Waals surface area contributed by atoms with Crippen molar-refractivity contribution >= 4 is 32.6 Å². The average Bonchev–Trinajstić information content (AvgIpc) is 3.18. The Bertz CT molecular complexity index is 1440. The minimum atomic E-state index is -3.56. The Balaban J connectivity index is 2.08. The molecule has 0 radical (unpaired) electrons. The third kappa shape index (κ3) is 4.42. The molecule has 3 aromatic carbocycles. The fourth-order valence-corrected chi connectivity index (χ4v) is 5.03. The quantitative estimate of drug-likeness (QED) is 0.371. The molecule has 0 fully saturated rings. The maximum absolute atomic E-state index is 13.1. The summed E-state index contributed by atoms with van der Waals surface area (Å²) in [6, 6.07) is 20.6. The predicted molar refractivity (Wildman–Crippen MR) is 134 cm³/mol. The number of rotatable bonds is 7. The molecule has 0 aliphatic heterocycles. The summed E-state index contributed by atoms with van der Waals surface area (Å²) in [5, 5.41) is 0.553. The van der Waals surface area contributed by atoms with Gasteiger partial charge in [0.1, 0.15) is 11.3 Å². The van der Waals surface area contributed by atoms with Crippen LogP contribution in [0.25, 0.3) is 33.4 Å². The number of aryl methyl sites for hydroxylation is 1. The van der Waals surface area contributed by atoms with Crippen molar-refractivity contribution in [2.24, 2.45) is 0 Å². The highest BCUT2D eigenvalue weighted by atomic mass is 32.2. The molecule has 0 bridgehead atoms. The SMILES string of the molecule is CCN(c1cc2oc(-c3ccc(C)cc3)c(C(=O)NOC)c2cc1-c1ccccc1)S(C)(=O)=O. The fourth-order valence-electron chi connectivity index (χ4n) is 4.05. The molecular weight excluding hydrogens is 452 g/mol. The number of hydrogen-bond acceptors (Lipinski definition) is 5. The Morgan fingerprint density at radius 2 is 1.71 bits per heavy atom. The lowest BCUT2D eigenvalue weighted by Gasteiger charge is -2.23. The summed E-state index contributed by atoms with van der Waals surface area (Å²) >= 11 is 0. The molecule has 1 heterocycles. The van der Waals surface area contributed by atoms with Gasteiger partial charge in [-0.25, -0.2) is 13.9 Å². The number of amides is 1. The minimum absolute atomic E-state index is 0.243. The molecule has 1 aromatic heterocycles. The van der Waals surface area contributed by atoms with Gasteiger partial charge in [-0.2, -0.15) is 0 Å². The van der Waals surface area contributed by atoms with Crippen molar-refractivity contribution in [2.75, 3.05) is 24.2 Å². The van der Waals surface area contributed by atoms with Gasteiger partial charge in [0.05, 0.1) is 24.6 Å². The van der Waals surface area contributed by atoms with Crippen LogP contribution in [-0.4, -0.2) is 34.2 Å². The van der Waals surface area contributed by atoms with Gasteiger partial charge in [0.25, 0.3) is 5.91 Å². The second kappa shape index (κ2) is 9.32. The van der Waals surface area contributed by atoms with E-state index in [0.29, 0.717) is 33.5 Å². The number of nitrogens with one attached hydrogen (secondary N) is 1. The van der Waals surface area contributed by atoms with Crippen LogP contribution in [0.15, 0.2) is 71.1 Å². The van der Waals surface area contributed by atoms with Crippen molar-refractivity contribution in [3.63, 3.8) is 0 Å². The molecule has 7 nitrogen and oxygen atoms in total. The summed E-state index contributed by atoms with van der Waals surface area (Å²) in [4.78, 5) is 18.0. The Morgan fingerprint density at radius 3 is 2.29 bits per heavy atom. The van der Waals surface area contributed by atoms with E-state index in [9.17, 15) is 13.2 Å². The second-order valence-electron chi connectivity index (χ2n) is 7.97. The van der Waals surface area contributed by atoms with Crippen LogP contribution < -0.4 is 9.79 Å². The van der Waals surface area contributed by atoms with Gasteiger partial charge in [0.15, 0.2) is 0 Å². The molecule has 8 heteroatoms. The van der Waals surface area contributed by atoms with E-state index in [0.717, 1.165) is 16.7 Å². The van der Waals surface area contributed by atoms with E-state index in [4.69, 9.17) is 9.25 Å². The molecule has 0 saturated carbocycles. The van der Waals surface area contributed by atoms with Crippen molar-refractivity contribution < 1.29 is 22.5 Å². The first kappa shape index (κ1) is 23.5. The Labute approximate surface area is 199 Å². The van der Waals surface area contributed by atoms with Crippen molar-refractivity contribution in [2.45, 2.75) is 13.8 Å². The molecule has 0 atom stereocenters. The zero-order chi connectivity index (χ0) is 24.5. The number of furan rings is 1. The van der Waals surface area contributed by atoms with Gasteiger partial charge >= 0.3 is 0 Å². The van der Waals surface area contributed by atoms with Gasteiger partial charge in [-0.15, -0.1) is 0 Å². The summed E-state index contributed by atoms with van der Waals surface area (Å²) in [7, 11) is -2.19. The minimum Gasteiger partial charge on any atom is -0.455 e. The van der Waals surface area contributed by atoms with E-state index in [-0.39, 0.29) is 6.54 Å². The van der Waals surface area contributed by atoms with Gasteiger partial charge in [-0.05, 0) is 25.5 Å². The molecule has 4 rings (SSSR count). The van der Waals surface area contributed by atoms with Crippen LogP contribution in [-0.2, 0) is 14.9 Å². The standard InChI is InChI=1S/C26H26N2O5S/c1-5-28(34(4,30)31)22-16-23-21(15-20(22)18-9-7-6-8-10-18)24(26(29)27-32-3)25(33-23)19-13-11-17(2)12-14-19/h6-16H,5H2,1-4H3,(H,27,29). The van der Waals surface area contributed by atoms with Crippen LogP contribution in [0.1, 0.15) is 22.8 Å². The van der Waals surface area contributed by atoms with E-state index in [1.807, 2.05) is 61.5 Å². The van der Waals surface area contributed by atoms with Crippen molar-refractivity contribution in [1.82, 2.24) is 5.48 Å². The highest BCUT2D eigenvalue weighted by Gasteiger charge is 2.27. The van der Waals surface area contributed by atoms with Crippen LogP contribution in [0.3, 0.4) is 0 Å². The normalized spacial score (nSPS) is 11.5. The smallest absolute Gasteiger partial charge is 0.279 e. The maximum Gasteiger partial charge on any atom is 0.279 e. The molecule has 176 valence electrons. The number of anilines is 1. The lowest BCUT2D eigenvalue weighted by Crippen LogP contribution is -2.30. The number of benzene rings is 3. The third-order valence-corrected chi connectivity index (χ3v) is 6.84.